The van der Waals surface area contributed by atoms with Gasteiger partial charge in [0.05, 0.1) is 17.1 Å². The Morgan fingerprint density at radius 2 is 2.50 bits per heavy atom. The molecular formula is C9H11N3O2. The Bertz CT molecular complexity index is 378. The van der Waals surface area contributed by atoms with Gasteiger partial charge < -0.3 is 10.4 Å². The molecule has 0 bridgehead atoms. The van der Waals surface area contributed by atoms with Crippen LogP contribution < -0.4 is 5.32 Å². The van der Waals surface area contributed by atoms with Crippen LogP contribution in [0.4, 0.5) is 0 Å². The van der Waals surface area contributed by atoms with Crippen molar-refractivity contribution < 1.29 is 9.90 Å². The molecule has 0 saturated carbocycles. The van der Waals surface area contributed by atoms with E-state index in [-0.39, 0.29) is 0 Å². The van der Waals surface area contributed by atoms with Crippen LogP contribution in [0.25, 0.3) is 0 Å². The third-order valence-electron chi connectivity index (χ3n) is 2.27. The van der Waals surface area contributed by atoms with Crippen LogP contribution in [0.1, 0.15) is 23.0 Å². The maximum Gasteiger partial charge on any atom is 0.313 e. The number of rotatable bonds is 1. The molecule has 0 spiro atoms. The van der Waals surface area contributed by atoms with Crippen molar-refractivity contribution in [2.45, 2.75) is 19.4 Å². The summed E-state index contributed by atoms with van der Waals surface area (Å²) in [5.41, 5.74) is 2.11. The molecule has 1 aliphatic rings. The van der Waals surface area contributed by atoms with Crippen LogP contribution in [0.3, 0.4) is 0 Å². The average molecular weight is 193 g/mol. The summed E-state index contributed by atoms with van der Waals surface area (Å²) < 4.78 is 0. The number of hydrogen-bond donors (Lipinski definition) is 2. The van der Waals surface area contributed by atoms with Crippen LogP contribution in [-0.4, -0.2) is 27.6 Å². The van der Waals surface area contributed by atoms with E-state index in [1.165, 1.54) is 0 Å². The van der Waals surface area contributed by atoms with E-state index in [2.05, 4.69) is 15.3 Å². The number of carbonyl (C=O) groups is 1. The van der Waals surface area contributed by atoms with Gasteiger partial charge in [-0.05, 0) is 6.92 Å². The van der Waals surface area contributed by atoms with Crippen LogP contribution in [0.2, 0.25) is 0 Å². The fraction of sp³-hybridized carbons (Fsp3) is 0.444. The molecule has 14 heavy (non-hydrogen) atoms. The Hall–Kier alpha value is -1.49. The van der Waals surface area contributed by atoms with Crippen molar-refractivity contribution in [2.75, 3.05) is 6.54 Å². The zero-order valence-electron chi connectivity index (χ0n) is 7.82. The molecule has 2 rings (SSSR count). The SMILES string of the molecule is Cc1cnc2c(n1)C(C(=O)O)CNC2. The van der Waals surface area contributed by atoms with Gasteiger partial charge in [0.2, 0.25) is 0 Å². The second-order valence-electron chi connectivity index (χ2n) is 3.37. The van der Waals surface area contributed by atoms with Gasteiger partial charge in [0.15, 0.2) is 0 Å². The van der Waals surface area contributed by atoms with Gasteiger partial charge in [0, 0.05) is 19.3 Å². The van der Waals surface area contributed by atoms with Gasteiger partial charge in [-0.25, -0.2) is 0 Å². The van der Waals surface area contributed by atoms with Crippen LogP contribution in [0.5, 0.6) is 0 Å². The Kier molecular flexibility index (Phi) is 2.17. The summed E-state index contributed by atoms with van der Waals surface area (Å²) in [5, 5.41) is 12.0. The first-order chi connectivity index (χ1) is 6.68. The first-order valence-corrected chi connectivity index (χ1v) is 4.44. The maximum atomic E-state index is 10.9. The lowest BCUT2D eigenvalue weighted by Crippen LogP contribution is -2.34. The second kappa shape index (κ2) is 3.34. The third-order valence-corrected chi connectivity index (χ3v) is 2.27. The quantitative estimate of drug-likeness (QED) is 0.659. The summed E-state index contributed by atoms with van der Waals surface area (Å²) in [5.74, 6) is -1.41. The van der Waals surface area contributed by atoms with Gasteiger partial charge >= 0.3 is 5.97 Å². The summed E-state index contributed by atoms with van der Waals surface area (Å²) in [6.07, 6.45) is 1.66. The molecule has 1 unspecified atom stereocenters. The average Bonchev–Trinajstić information content (AvgIpc) is 2.16. The predicted octanol–water partition coefficient (Wildman–Crippen LogP) is 0.0564. The molecular weight excluding hydrogens is 182 g/mol. The third kappa shape index (κ3) is 1.46. The number of aromatic nitrogens is 2. The van der Waals surface area contributed by atoms with Gasteiger partial charge in [-0.15, -0.1) is 0 Å². The molecule has 1 aromatic heterocycles. The number of carboxylic acid groups (broad SMARTS) is 1. The smallest absolute Gasteiger partial charge is 0.313 e. The van der Waals surface area contributed by atoms with Crippen LogP contribution in [0.15, 0.2) is 6.20 Å². The summed E-state index contributed by atoms with van der Waals surface area (Å²) in [4.78, 5) is 19.3. The van der Waals surface area contributed by atoms with E-state index in [1.54, 1.807) is 6.20 Å². The number of nitrogens with zero attached hydrogens (tertiary/aromatic N) is 2. The number of aliphatic carboxylic acids is 1. The first kappa shape index (κ1) is 9.08. The molecule has 1 atom stereocenters. The molecule has 0 saturated heterocycles. The minimum Gasteiger partial charge on any atom is -0.481 e. The highest BCUT2D eigenvalue weighted by atomic mass is 16.4. The van der Waals surface area contributed by atoms with Gasteiger partial charge in [-0.1, -0.05) is 0 Å². The molecule has 5 nitrogen and oxygen atoms in total. The highest BCUT2D eigenvalue weighted by Gasteiger charge is 2.28. The molecule has 1 aliphatic heterocycles. The molecule has 0 aromatic carbocycles. The Morgan fingerprint density at radius 3 is 3.21 bits per heavy atom. The van der Waals surface area contributed by atoms with E-state index in [0.29, 0.717) is 18.8 Å². The summed E-state index contributed by atoms with van der Waals surface area (Å²) >= 11 is 0. The summed E-state index contributed by atoms with van der Waals surface area (Å²) in [6.45, 7) is 2.85. The van der Waals surface area contributed by atoms with E-state index in [1.807, 2.05) is 6.92 Å². The Labute approximate surface area is 81.2 Å². The van der Waals surface area contributed by atoms with Crippen molar-refractivity contribution in [3.05, 3.63) is 23.3 Å². The molecule has 2 N–H and O–H groups in total. The van der Waals surface area contributed by atoms with Crippen molar-refractivity contribution in [3.8, 4) is 0 Å². The number of nitrogens with one attached hydrogen (secondary N) is 1. The molecule has 0 aliphatic carbocycles. The highest BCUT2D eigenvalue weighted by molar-refractivity contribution is 5.76. The van der Waals surface area contributed by atoms with Gasteiger partial charge in [0.25, 0.3) is 0 Å². The molecule has 5 heteroatoms. The molecule has 74 valence electrons. The normalized spacial score (nSPS) is 20.2. The minimum absolute atomic E-state index is 0.431. The maximum absolute atomic E-state index is 10.9. The van der Waals surface area contributed by atoms with E-state index in [0.717, 1.165) is 11.4 Å². The molecule has 1 aromatic rings. The van der Waals surface area contributed by atoms with Crippen molar-refractivity contribution in [2.24, 2.45) is 0 Å². The lowest BCUT2D eigenvalue weighted by molar-refractivity contribution is -0.138. The van der Waals surface area contributed by atoms with Crippen LogP contribution in [0, 0.1) is 6.92 Å². The molecule has 0 fully saturated rings. The van der Waals surface area contributed by atoms with E-state index in [9.17, 15) is 4.79 Å². The largest absolute Gasteiger partial charge is 0.481 e. The standard InChI is InChI=1S/C9H11N3O2/c1-5-2-11-7-4-10-3-6(9(13)14)8(7)12-5/h2,6,10H,3-4H2,1H3,(H,13,14). The van der Waals surface area contributed by atoms with E-state index in [4.69, 9.17) is 5.11 Å². The number of hydrogen-bond acceptors (Lipinski definition) is 4. The predicted molar refractivity (Wildman–Crippen MR) is 48.9 cm³/mol. The second-order valence-corrected chi connectivity index (χ2v) is 3.37. The molecule has 2 heterocycles. The topological polar surface area (TPSA) is 75.1 Å². The van der Waals surface area contributed by atoms with Crippen LogP contribution >= 0.6 is 0 Å². The fourth-order valence-corrected chi connectivity index (χ4v) is 1.57. The Morgan fingerprint density at radius 1 is 1.71 bits per heavy atom. The van der Waals surface area contributed by atoms with Gasteiger partial charge in [0.1, 0.15) is 5.92 Å². The van der Waals surface area contributed by atoms with Crippen molar-refractivity contribution in [1.29, 1.82) is 0 Å². The first-order valence-electron chi connectivity index (χ1n) is 4.44. The lowest BCUT2D eigenvalue weighted by atomic mass is 9.99. The highest BCUT2D eigenvalue weighted by Crippen LogP contribution is 2.20. The van der Waals surface area contributed by atoms with Crippen molar-refractivity contribution in [3.63, 3.8) is 0 Å². The summed E-state index contributed by atoms with van der Waals surface area (Å²) in [7, 11) is 0. The minimum atomic E-state index is -0.849. The van der Waals surface area contributed by atoms with Gasteiger partial charge in [-0.2, -0.15) is 0 Å². The van der Waals surface area contributed by atoms with Crippen molar-refractivity contribution in [1.82, 2.24) is 15.3 Å². The fourth-order valence-electron chi connectivity index (χ4n) is 1.57. The monoisotopic (exact) mass is 193 g/mol. The van der Waals surface area contributed by atoms with Gasteiger partial charge in [-0.3, -0.25) is 14.8 Å². The number of fused-ring (bicyclic) bond motifs is 1. The number of aryl methyl sites for hydroxylation is 1. The number of carboxylic acids is 1. The van der Waals surface area contributed by atoms with Crippen molar-refractivity contribution >= 4 is 5.97 Å². The van der Waals surface area contributed by atoms with Crippen LogP contribution in [-0.2, 0) is 11.3 Å². The summed E-state index contributed by atoms with van der Waals surface area (Å²) in [6, 6.07) is 0. The zero-order chi connectivity index (χ0) is 10.1. The molecule has 0 radical (unpaired) electrons. The molecule has 0 amide bonds. The van der Waals surface area contributed by atoms with E-state index >= 15 is 0 Å². The Balaban J connectivity index is 2.46. The lowest BCUT2D eigenvalue weighted by Gasteiger charge is -2.21. The zero-order valence-corrected chi connectivity index (χ0v) is 7.82. The van der Waals surface area contributed by atoms with E-state index < -0.39 is 11.9 Å².